The minimum Gasteiger partial charge on any atom is -0.358 e. The molecule has 1 aromatic heterocycles. The second-order valence-corrected chi connectivity index (χ2v) is 7.14. The third-order valence-electron chi connectivity index (χ3n) is 4.86. The number of aromatic amines is 1. The zero-order valence-corrected chi connectivity index (χ0v) is 15.2. The maximum absolute atomic E-state index is 12.8. The van der Waals surface area contributed by atoms with Gasteiger partial charge >= 0.3 is 0 Å². The molecule has 130 valence electrons. The van der Waals surface area contributed by atoms with Crippen LogP contribution in [0.2, 0.25) is 0 Å². The molecular weight excluding hydrogens is 308 g/mol. The highest BCUT2D eigenvalue weighted by Gasteiger charge is 2.33. The summed E-state index contributed by atoms with van der Waals surface area (Å²) in [5, 5.41) is 4.25. The highest BCUT2D eigenvalue weighted by molar-refractivity contribution is 5.95. The molecule has 0 fully saturated rings. The van der Waals surface area contributed by atoms with Crippen molar-refractivity contribution in [1.29, 1.82) is 0 Å². The maximum Gasteiger partial charge on any atom is 0.230 e. The van der Waals surface area contributed by atoms with Gasteiger partial charge in [-0.25, -0.2) is 0 Å². The van der Waals surface area contributed by atoms with Gasteiger partial charge in [0.15, 0.2) is 0 Å². The lowest BCUT2D eigenvalue weighted by Gasteiger charge is -2.24. The first-order valence-corrected chi connectivity index (χ1v) is 8.90. The molecule has 2 N–H and O–H groups in total. The standard InChI is InChI=1S/C22H26N2O/c1-16-20(18-13-7-8-14-19(18)24-16)22(2,3)21(25)23-15-9-12-17-10-5-4-6-11-17/h4-8,10-11,13-14,24H,9,12,15H2,1-3H3,(H,23,25). The lowest BCUT2D eigenvalue weighted by Crippen LogP contribution is -2.40. The van der Waals surface area contributed by atoms with Crippen molar-refractivity contribution in [3.05, 3.63) is 71.4 Å². The third kappa shape index (κ3) is 3.60. The maximum atomic E-state index is 12.8. The SMILES string of the molecule is Cc1[nH]c2ccccc2c1C(C)(C)C(=O)NCCCc1ccccc1. The molecule has 0 bridgehead atoms. The van der Waals surface area contributed by atoms with Crippen molar-refractivity contribution in [2.75, 3.05) is 6.54 Å². The molecule has 0 aliphatic rings. The van der Waals surface area contributed by atoms with E-state index in [1.807, 2.05) is 39.0 Å². The summed E-state index contributed by atoms with van der Waals surface area (Å²) in [4.78, 5) is 16.2. The summed E-state index contributed by atoms with van der Waals surface area (Å²) in [6.07, 6.45) is 1.92. The largest absolute Gasteiger partial charge is 0.358 e. The minimum absolute atomic E-state index is 0.0772. The van der Waals surface area contributed by atoms with Crippen LogP contribution in [0.15, 0.2) is 54.6 Å². The average Bonchev–Trinajstić information content (AvgIpc) is 2.95. The van der Waals surface area contributed by atoms with E-state index in [0.29, 0.717) is 6.54 Å². The van der Waals surface area contributed by atoms with Gasteiger partial charge < -0.3 is 10.3 Å². The van der Waals surface area contributed by atoms with Crippen LogP contribution in [0.4, 0.5) is 0 Å². The van der Waals surface area contributed by atoms with Crippen molar-refractivity contribution in [3.63, 3.8) is 0 Å². The van der Waals surface area contributed by atoms with Crippen molar-refractivity contribution in [3.8, 4) is 0 Å². The van der Waals surface area contributed by atoms with Crippen LogP contribution in [-0.2, 0) is 16.6 Å². The fourth-order valence-corrected chi connectivity index (χ4v) is 3.56. The molecular formula is C22H26N2O. The van der Waals surface area contributed by atoms with Gasteiger partial charge in [0.25, 0.3) is 0 Å². The summed E-state index contributed by atoms with van der Waals surface area (Å²) in [6, 6.07) is 18.6. The quantitative estimate of drug-likeness (QED) is 0.640. The van der Waals surface area contributed by atoms with Crippen LogP contribution in [-0.4, -0.2) is 17.4 Å². The second-order valence-electron chi connectivity index (χ2n) is 7.14. The first kappa shape index (κ1) is 17.3. The monoisotopic (exact) mass is 334 g/mol. The summed E-state index contributed by atoms with van der Waals surface area (Å²) in [5.41, 5.74) is 3.97. The molecule has 2 aromatic carbocycles. The van der Waals surface area contributed by atoms with E-state index in [-0.39, 0.29) is 5.91 Å². The Kier molecular flexibility index (Phi) is 4.93. The van der Waals surface area contributed by atoms with E-state index in [9.17, 15) is 4.79 Å². The molecule has 3 rings (SSSR count). The van der Waals surface area contributed by atoms with E-state index in [0.717, 1.165) is 35.0 Å². The average molecular weight is 334 g/mol. The van der Waals surface area contributed by atoms with Crippen LogP contribution >= 0.6 is 0 Å². The summed E-state index contributed by atoms with van der Waals surface area (Å²) in [6.45, 7) is 6.74. The molecule has 3 heteroatoms. The van der Waals surface area contributed by atoms with Crippen LogP contribution in [0.3, 0.4) is 0 Å². The van der Waals surface area contributed by atoms with Crippen LogP contribution in [0, 0.1) is 6.92 Å². The summed E-state index contributed by atoms with van der Waals surface area (Å²) in [5.74, 6) is 0.0772. The number of carbonyl (C=O) groups is 1. The number of benzene rings is 2. The van der Waals surface area contributed by atoms with Gasteiger partial charge in [-0.05, 0) is 50.8 Å². The number of para-hydroxylation sites is 1. The van der Waals surface area contributed by atoms with Crippen molar-refractivity contribution >= 4 is 16.8 Å². The van der Waals surface area contributed by atoms with Gasteiger partial charge in [-0.2, -0.15) is 0 Å². The number of hydrogen-bond acceptors (Lipinski definition) is 1. The first-order chi connectivity index (χ1) is 12.0. The van der Waals surface area contributed by atoms with E-state index in [1.54, 1.807) is 0 Å². The normalized spacial score (nSPS) is 11.6. The van der Waals surface area contributed by atoms with E-state index < -0.39 is 5.41 Å². The minimum atomic E-state index is -0.573. The van der Waals surface area contributed by atoms with Crippen LogP contribution in [0.1, 0.15) is 37.1 Å². The fraction of sp³-hybridized carbons (Fsp3) is 0.318. The van der Waals surface area contributed by atoms with Crippen molar-refractivity contribution in [2.45, 2.75) is 39.0 Å². The summed E-state index contributed by atoms with van der Waals surface area (Å²) < 4.78 is 0. The Morgan fingerprint density at radius 2 is 1.72 bits per heavy atom. The predicted octanol–water partition coefficient (Wildman–Crippen LogP) is 4.50. The fourth-order valence-electron chi connectivity index (χ4n) is 3.56. The van der Waals surface area contributed by atoms with E-state index in [1.165, 1.54) is 5.56 Å². The number of aryl methyl sites for hydroxylation is 2. The second kappa shape index (κ2) is 7.14. The molecule has 0 saturated heterocycles. The van der Waals surface area contributed by atoms with Crippen molar-refractivity contribution in [1.82, 2.24) is 10.3 Å². The molecule has 0 radical (unpaired) electrons. The molecule has 0 unspecified atom stereocenters. The molecule has 0 aliphatic carbocycles. The molecule has 1 amide bonds. The Bertz CT molecular complexity index is 862. The van der Waals surface area contributed by atoms with Crippen molar-refractivity contribution in [2.24, 2.45) is 0 Å². The molecule has 0 aliphatic heterocycles. The lowest BCUT2D eigenvalue weighted by atomic mass is 9.81. The Morgan fingerprint density at radius 3 is 2.48 bits per heavy atom. The van der Waals surface area contributed by atoms with Crippen LogP contribution < -0.4 is 5.32 Å². The number of aromatic nitrogens is 1. The van der Waals surface area contributed by atoms with E-state index in [2.05, 4.69) is 46.7 Å². The summed E-state index contributed by atoms with van der Waals surface area (Å²) >= 11 is 0. The van der Waals surface area contributed by atoms with Gasteiger partial charge in [-0.3, -0.25) is 4.79 Å². The van der Waals surface area contributed by atoms with Gasteiger partial charge in [-0.1, -0.05) is 48.5 Å². The number of amides is 1. The van der Waals surface area contributed by atoms with Gasteiger partial charge in [0.1, 0.15) is 0 Å². The highest BCUT2D eigenvalue weighted by atomic mass is 16.2. The van der Waals surface area contributed by atoms with Gasteiger partial charge in [-0.15, -0.1) is 0 Å². The molecule has 0 spiro atoms. The molecule has 0 saturated carbocycles. The number of hydrogen-bond donors (Lipinski definition) is 2. The van der Waals surface area contributed by atoms with E-state index >= 15 is 0 Å². The zero-order chi connectivity index (χ0) is 17.9. The van der Waals surface area contributed by atoms with Gasteiger partial charge in [0.2, 0.25) is 5.91 Å². The van der Waals surface area contributed by atoms with Gasteiger partial charge in [0, 0.05) is 23.1 Å². The topological polar surface area (TPSA) is 44.9 Å². The number of nitrogens with one attached hydrogen (secondary N) is 2. The van der Waals surface area contributed by atoms with E-state index in [4.69, 9.17) is 0 Å². The Hall–Kier alpha value is -2.55. The molecule has 3 nitrogen and oxygen atoms in total. The number of carbonyl (C=O) groups excluding carboxylic acids is 1. The predicted molar refractivity (Wildman–Crippen MR) is 104 cm³/mol. The Balaban J connectivity index is 1.67. The number of H-pyrrole nitrogens is 1. The summed E-state index contributed by atoms with van der Waals surface area (Å²) in [7, 11) is 0. The van der Waals surface area contributed by atoms with Gasteiger partial charge in [0.05, 0.1) is 5.41 Å². The highest BCUT2D eigenvalue weighted by Crippen LogP contribution is 2.33. The Labute approximate surface area is 149 Å². The molecule has 0 atom stereocenters. The zero-order valence-electron chi connectivity index (χ0n) is 15.2. The van der Waals surface area contributed by atoms with Crippen molar-refractivity contribution < 1.29 is 4.79 Å². The first-order valence-electron chi connectivity index (χ1n) is 8.90. The smallest absolute Gasteiger partial charge is 0.230 e. The number of fused-ring (bicyclic) bond motifs is 1. The Morgan fingerprint density at radius 1 is 1.04 bits per heavy atom. The number of rotatable bonds is 6. The van der Waals surface area contributed by atoms with Crippen LogP contribution in [0.25, 0.3) is 10.9 Å². The third-order valence-corrected chi connectivity index (χ3v) is 4.86. The molecule has 3 aromatic rings. The molecule has 1 heterocycles. The molecule has 25 heavy (non-hydrogen) atoms. The lowest BCUT2D eigenvalue weighted by molar-refractivity contribution is -0.125. The van der Waals surface area contributed by atoms with Crippen LogP contribution in [0.5, 0.6) is 0 Å².